The fourth-order valence-electron chi connectivity index (χ4n) is 2.61. The molecule has 5 heteroatoms. The Morgan fingerprint density at radius 2 is 2.25 bits per heavy atom. The van der Waals surface area contributed by atoms with Gasteiger partial charge in [0.1, 0.15) is 5.52 Å². The summed E-state index contributed by atoms with van der Waals surface area (Å²) in [4.78, 5) is 16.3. The van der Waals surface area contributed by atoms with Gasteiger partial charge in [0.05, 0.1) is 0 Å². The Labute approximate surface area is 117 Å². The van der Waals surface area contributed by atoms with Crippen LogP contribution < -0.4 is 10.6 Å². The molecule has 0 unspecified atom stereocenters. The number of benzene rings is 1. The van der Waals surface area contributed by atoms with Crippen molar-refractivity contribution in [2.75, 3.05) is 13.1 Å². The Kier molecular flexibility index (Phi) is 3.69. The van der Waals surface area contributed by atoms with Crippen molar-refractivity contribution in [3.05, 3.63) is 29.7 Å². The molecular formula is C15H19N3O2. The number of rotatable bonds is 3. The first-order valence-corrected chi connectivity index (χ1v) is 7.07. The SMILES string of the molecule is Cc1nc2ccc(CNC(=O)C3CCNCC3)cc2o1. The van der Waals surface area contributed by atoms with Gasteiger partial charge in [-0.3, -0.25) is 4.79 Å². The molecule has 1 aromatic carbocycles. The highest BCUT2D eigenvalue weighted by molar-refractivity contribution is 5.79. The van der Waals surface area contributed by atoms with Crippen LogP contribution in [0.5, 0.6) is 0 Å². The normalized spacial score (nSPS) is 16.4. The predicted octanol–water partition coefficient (Wildman–Crippen LogP) is 1.75. The third-order valence-corrected chi connectivity index (χ3v) is 3.74. The second kappa shape index (κ2) is 5.63. The molecule has 1 aromatic heterocycles. The Morgan fingerprint density at radius 3 is 3.05 bits per heavy atom. The molecule has 0 atom stereocenters. The summed E-state index contributed by atoms with van der Waals surface area (Å²) >= 11 is 0. The van der Waals surface area contributed by atoms with Gasteiger partial charge in [-0.1, -0.05) is 6.07 Å². The van der Waals surface area contributed by atoms with Gasteiger partial charge in [0.2, 0.25) is 5.91 Å². The number of oxazole rings is 1. The van der Waals surface area contributed by atoms with E-state index in [0.717, 1.165) is 42.6 Å². The van der Waals surface area contributed by atoms with Crippen molar-refractivity contribution in [3.8, 4) is 0 Å². The molecule has 5 nitrogen and oxygen atoms in total. The van der Waals surface area contributed by atoms with E-state index in [1.54, 1.807) is 0 Å². The molecule has 3 rings (SSSR count). The zero-order valence-corrected chi connectivity index (χ0v) is 11.6. The molecule has 2 aromatic rings. The molecule has 1 aliphatic rings. The number of nitrogens with zero attached hydrogens (tertiary/aromatic N) is 1. The van der Waals surface area contributed by atoms with Gasteiger partial charge in [0.25, 0.3) is 0 Å². The minimum Gasteiger partial charge on any atom is -0.441 e. The topological polar surface area (TPSA) is 67.2 Å². The molecule has 2 heterocycles. The number of hydrogen-bond donors (Lipinski definition) is 2. The lowest BCUT2D eigenvalue weighted by Gasteiger charge is -2.21. The lowest BCUT2D eigenvalue weighted by molar-refractivity contribution is -0.125. The van der Waals surface area contributed by atoms with Gasteiger partial charge in [-0.15, -0.1) is 0 Å². The maximum atomic E-state index is 12.1. The van der Waals surface area contributed by atoms with Gasteiger partial charge in [0.15, 0.2) is 11.5 Å². The molecule has 0 saturated carbocycles. The molecular weight excluding hydrogens is 254 g/mol. The van der Waals surface area contributed by atoms with E-state index in [1.807, 2.05) is 25.1 Å². The van der Waals surface area contributed by atoms with E-state index in [9.17, 15) is 4.79 Å². The Hall–Kier alpha value is -1.88. The van der Waals surface area contributed by atoms with Crippen molar-refractivity contribution in [1.82, 2.24) is 15.6 Å². The molecule has 2 N–H and O–H groups in total. The average molecular weight is 273 g/mol. The third-order valence-electron chi connectivity index (χ3n) is 3.74. The van der Waals surface area contributed by atoms with E-state index in [1.165, 1.54) is 0 Å². The number of nitrogens with one attached hydrogen (secondary N) is 2. The lowest BCUT2D eigenvalue weighted by Crippen LogP contribution is -2.37. The molecule has 106 valence electrons. The van der Waals surface area contributed by atoms with Crippen LogP contribution in [0.15, 0.2) is 22.6 Å². The smallest absolute Gasteiger partial charge is 0.223 e. The summed E-state index contributed by atoms with van der Waals surface area (Å²) in [7, 11) is 0. The highest BCUT2D eigenvalue weighted by atomic mass is 16.3. The largest absolute Gasteiger partial charge is 0.441 e. The van der Waals surface area contributed by atoms with Gasteiger partial charge in [0, 0.05) is 19.4 Å². The number of hydrogen-bond acceptors (Lipinski definition) is 4. The molecule has 20 heavy (non-hydrogen) atoms. The maximum absolute atomic E-state index is 12.1. The number of fused-ring (bicyclic) bond motifs is 1. The summed E-state index contributed by atoms with van der Waals surface area (Å²) in [5.41, 5.74) is 2.67. The van der Waals surface area contributed by atoms with E-state index in [-0.39, 0.29) is 11.8 Å². The van der Waals surface area contributed by atoms with E-state index in [2.05, 4.69) is 15.6 Å². The van der Waals surface area contributed by atoms with Crippen LogP contribution in [-0.2, 0) is 11.3 Å². The lowest BCUT2D eigenvalue weighted by atomic mass is 9.97. The second-order valence-electron chi connectivity index (χ2n) is 5.28. The van der Waals surface area contributed by atoms with E-state index < -0.39 is 0 Å². The second-order valence-corrected chi connectivity index (χ2v) is 5.28. The standard InChI is InChI=1S/C15H19N3O2/c1-10-18-13-3-2-11(8-14(13)20-10)9-17-15(19)12-4-6-16-7-5-12/h2-3,8,12,16H,4-7,9H2,1H3,(H,17,19). The fourth-order valence-corrected chi connectivity index (χ4v) is 2.61. The van der Waals surface area contributed by atoms with Crippen LogP contribution in [0.2, 0.25) is 0 Å². The molecule has 0 bridgehead atoms. The average Bonchev–Trinajstić information content (AvgIpc) is 2.85. The summed E-state index contributed by atoms with van der Waals surface area (Å²) in [6.07, 6.45) is 1.85. The van der Waals surface area contributed by atoms with Crippen LogP contribution in [0.25, 0.3) is 11.1 Å². The Balaban J connectivity index is 1.62. The van der Waals surface area contributed by atoms with E-state index >= 15 is 0 Å². The van der Waals surface area contributed by atoms with Gasteiger partial charge < -0.3 is 15.1 Å². The molecule has 1 aliphatic heterocycles. The van der Waals surface area contributed by atoms with Crippen molar-refractivity contribution in [1.29, 1.82) is 0 Å². The van der Waals surface area contributed by atoms with Crippen LogP contribution >= 0.6 is 0 Å². The Bertz CT molecular complexity index is 615. The first kappa shape index (κ1) is 13.1. The molecule has 1 saturated heterocycles. The number of aromatic nitrogens is 1. The van der Waals surface area contributed by atoms with Gasteiger partial charge >= 0.3 is 0 Å². The van der Waals surface area contributed by atoms with Gasteiger partial charge in [-0.25, -0.2) is 4.98 Å². The first-order chi connectivity index (χ1) is 9.72. The van der Waals surface area contributed by atoms with Crippen molar-refractivity contribution in [2.24, 2.45) is 5.92 Å². The monoisotopic (exact) mass is 273 g/mol. The van der Waals surface area contributed by atoms with Crippen molar-refractivity contribution >= 4 is 17.0 Å². The summed E-state index contributed by atoms with van der Waals surface area (Å²) in [5.74, 6) is 0.962. The van der Waals surface area contributed by atoms with Crippen LogP contribution in [0, 0.1) is 12.8 Å². The van der Waals surface area contributed by atoms with Crippen LogP contribution in [0.1, 0.15) is 24.3 Å². The summed E-state index contributed by atoms with van der Waals surface area (Å²) in [6, 6.07) is 5.85. The maximum Gasteiger partial charge on any atom is 0.223 e. The number of amides is 1. The van der Waals surface area contributed by atoms with Gasteiger partial charge in [-0.05, 0) is 43.6 Å². The summed E-state index contributed by atoms with van der Waals surface area (Å²) in [5, 5.41) is 6.28. The summed E-state index contributed by atoms with van der Waals surface area (Å²) < 4.78 is 5.50. The van der Waals surface area contributed by atoms with E-state index in [0.29, 0.717) is 12.4 Å². The number of piperidine rings is 1. The molecule has 0 radical (unpaired) electrons. The highest BCUT2D eigenvalue weighted by Crippen LogP contribution is 2.17. The highest BCUT2D eigenvalue weighted by Gasteiger charge is 2.20. The first-order valence-electron chi connectivity index (χ1n) is 7.07. The zero-order chi connectivity index (χ0) is 13.9. The van der Waals surface area contributed by atoms with Crippen LogP contribution in [0.3, 0.4) is 0 Å². The van der Waals surface area contributed by atoms with Crippen molar-refractivity contribution < 1.29 is 9.21 Å². The molecule has 1 amide bonds. The number of aryl methyl sites for hydroxylation is 1. The summed E-state index contributed by atoms with van der Waals surface area (Å²) in [6.45, 7) is 4.24. The van der Waals surface area contributed by atoms with Crippen LogP contribution in [-0.4, -0.2) is 24.0 Å². The molecule has 1 fully saturated rings. The third kappa shape index (κ3) is 2.82. The van der Waals surface area contributed by atoms with Gasteiger partial charge in [-0.2, -0.15) is 0 Å². The number of carbonyl (C=O) groups is 1. The predicted molar refractivity (Wildman–Crippen MR) is 76.2 cm³/mol. The molecule has 0 aliphatic carbocycles. The number of carbonyl (C=O) groups excluding carboxylic acids is 1. The minimum absolute atomic E-state index is 0.146. The van der Waals surface area contributed by atoms with Crippen molar-refractivity contribution in [3.63, 3.8) is 0 Å². The Morgan fingerprint density at radius 1 is 1.45 bits per heavy atom. The van der Waals surface area contributed by atoms with Crippen molar-refractivity contribution in [2.45, 2.75) is 26.3 Å². The minimum atomic E-state index is 0.146. The van der Waals surface area contributed by atoms with E-state index in [4.69, 9.17) is 4.42 Å². The molecule has 0 spiro atoms. The van der Waals surface area contributed by atoms with Crippen LogP contribution in [0.4, 0.5) is 0 Å². The zero-order valence-electron chi connectivity index (χ0n) is 11.6. The fraction of sp³-hybridized carbons (Fsp3) is 0.467. The quantitative estimate of drug-likeness (QED) is 0.894.